The number of pyridine rings is 3. The van der Waals surface area contributed by atoms with Crippen LogP contribution in [0.2, 0.25) is 0 Å². The molecule has 0 fully saturated rings. The van der Waals surface area contributed by atoms with Crippen LogP contribution in [0.3, 0.4) is 0 Å². The van der Waals surface area contributed by atoms with Gasteiger partial charge in [-0.05, 0) is 36.4 Å². The van der Waals surface area contributed by atoms with Crippen LogP contribution in [0, 0.1) is 0 Å². The van der Waals surface area contributed by atoms with Crippen LogP contribution < -0.4 is 15.3 Å². The smallest absolute Gasteiger partial charge is 0.550 e. The molecule has 0 spiro atoms. The van der Waals surface area contributed by atoms with Crippen molar-refractivity contribution in [2.75, 3.05) is 0 Å². The molecule has 0 N–H and O–H groups in total. The number of nitrogens with zero attached hydrogens (tertiary/aromatic N) is 3. The van der Waals surface area contributed by atoms with Gasteiger partial charge in [-0.2, -0.15) is 0 Å². The molecule has 0 aliphatic heterocycles. The quantitative estimate of drug-likeness (QED) is 0.389. The predicted molar refractivity (Wildman–Crippen MR) is 105 cm³/mol. The van der Waals surface area contributed by atoms with Gasteiger partial charge < -0.3 is 29.7 Å². The Morgan fingerprint density at radius 2 is 0.806 bits per heavy atom. The van der Waals surface area contributed by atoms with Gasteiger partial charge in [-0.15, -0.1) is 0 Å². The van der Waals surface area contributed by atoms with E-state index < -0.39 is 17.9 Å². The summed E-state index contributed by atoms with van der Waals surface area (Å²) in [5, 5.41) is 30.1. The standard InChI is InChI=1S/3C7H7NO2.Al/c3*9-7(10)5-6-3-1-2-4-8-6;/h3*1-4H,5H2,(H,9,10);/q;;;+3/p-3. The van der Waals surface area contributed by atoms with E-state index in [1.165, 1.54) is 0 Å². The number of carboxylic acids is 3. The zero-order valence-corrected chi connectivity index (χ0v) is 17.6. The fourth-order valence-electron chi connectivity index (χ4n) is 1.95. The van der Waals surface area contributed by atoms with Gasteiger partial charge >= 0.3 is 17.4 Å². The van der Waals surface area contributed by atoms with E-state index in [0.717, 1.165) is 0 Å². The number of carbonyl (C=O) groups excluding carboxylic acids is 3. The van der Waals surface area contributed by atoms with Crippen molar-refractivity contribution in [2.24, 2.45) is 0 Å². The number of hydrogen-bond acceptors (Lipinski definition) is 9. The van der Waals surface area contributed by atoms with Gasteiger partial charge in [0.05, 0.1) is 0 Å². The SMILES string of the molecule is O=C([O-])Cc1ccccn1.O=C([O-])Cc1ccccn1.O=C([O-])Cc1ccccn1.[Al+3]. The summed E-state index contributed by atoms with van der Waals surface area (Å²) < 4.78 is 0. The summed E-state index contributed by atoms with van der Waals surface area (Å²) in [7, 11) is 0. The molecule has 3 heterocycles. The van der Waals surface area contributed by atoms with E-state index in [-0.39, 0.29) is 36.6 Å². The van der Waals surface area contributed by atoms with Gasteiger partial charge in [0.1, 0.15) is 0 Å². The molecule has 3 rings (SSSR count). The average Bonchev–Trinajstić information content (AvgIpc) is 2.70. The molecule has 0 aromatic carbocycles. The van der Waals surface area contributed by atoms with Crippen molar-refractivity contribution in [3.63, 3.8) is 0 Å². The molecule has 0 bridgehead atoms. The monoisotopic (exact) mass is 435 g/mol. The summed E-state index contributed by atoms with van der Waals surface area (Å²) in [6, 6.07) is 15.4. The average molecular weight is 435 g/mol. The molecular formula is C21H18AlN3O6. The molecule has 0 atom stereocenters. The van der Waals surface area contributed by atoms with Crippen molar-refractivity contribution in [2.45, 2.75) is 19.3 Å². The summed E-state index contributed by atoms with van der Waals surface area (Å²) in [5.41, 5.74) is 1.59. The molecule has 0 unspecified atom stereocenters. The zero-order chi connectivity index (χ0) is 22.2. The molecule has 0 radical (unpaired) electrons. The molecule has 0 amide bonds. The fraction of sp³-hybridized carbons (Fsp3) is 0.143. The van der Waals surface area contributed by atoms with Crippen LogP contribution >= 0.6 is 0 Å². The topological polar surface area (TPSA) is 159 Å². The molecule has 3 aromatic rings. The van der Waals surface area contributed by atoms with E-state index in [2.05, 4.69) is 15.0 Å². The van der Waals surface area contributed by atoms with E-state index in [1.54, 1.807) is 73.2 Å². The van der Waals surface area contributed by atoms with Gasteiger partial charge in [0.2, 0.25) is 0 Å². The summed E-state index contributed by atoms with van der Waals surface area (Å²) in [6.07, 6.45) is 4.33. The molecule has 156 valence electrons. The van der Waals surface area contributed by atoms with Gasteiger partial charge in [0, 0.05) is 72.8 Å². The number of carboxylic acid groups (broad SMARTS) is 3. The number of rotatable bonds is 6. The molecule has 31 heavy (non-hydrogen) atoms. The van der Waals surface area contributed by atoms with Gasteiger partial charge in [0.25, 0.3) is 0 Å². The molecule has 9 nitrogen and oxygen atoms in total. The maximum absolute atomic E-state index is 10.0. The van der Waals surface area contributed by atoms with Crippen LogP contribution in [0.15, 0.2) is 73.2 Å². The first-order valence-corrected chi connectivity index (χ1v) is 8.66. The van der Waals surface area contributed by atoms with Crippen LogP contribution in [0.5, 0.6) is 0 Å². The van der Waals surface area contributed by atoms with Crippen molar-refractivity contribution >= 4 is 35.3 Å². The van der Waals surface area contributed by atoms with Crippen LogP contribution in [-0.2, 0) is 33.6 Å². The van der Waals surface area contributed by atoms with Crippen LogP contribution in [0.25, 0.3) is 0 Å². The summed E-state index contributed by atoms with van der Waals surface area (Å²) in [6.45, 7) is 0. The number of carbonyl (C=O) groups is 3. The van der Waals surface area contributed by atoms with Crippen LogP contribution in [0.1, 0.15) is 17.1 Å². The molecule has 10 heteroatoms. The molecule has 0 aliphatic carbocycles. The van der Waals surface area contributed by atoms with Crippen LogP contribution in [-0.4, -0.2) is 50.2 Å². The van der Waals surface area contributed by atoms with E-state index in [4.69, 9.17) is 0 Å². The summed E-state index contributed by atoms with van der Waals surface area (Å²) in [5.74, 6) is -3.30. The van der Waals surface area contributed by atoms with Crippen molar-refractivity contribution in [1.29, 1.82) is 0 Å². The molecule has 0 saturated carbocycles. The van der Waals surface area contributed by atoms with Crippen molar-refractivity contribution in [3.05, 3.63) is 90.3 Å². The largest absolute Gasteiger partial charge is 3.00 e. The fourth-order valence-corrected chi connectivity index (χ4v) is 1.95. The van der Waals surface area contributed by atoms with Crippen molar-refractivity contribution < 1.29 is 29.7 Å². The van der Waals surface area contributed by atoms with Gasteiger partial charge in [-0.3, -0.25) is 15.0 Å². The Hall–Kier alpha value is -3.61. The number of hydrogen-bond donors (Lipinski definition) is 0. The van der Waals surface area contributed by atoms with Gasteiger partial charge in [0.15, 0.2) is 0 Å². The Morgan fingerprint density at radius 1 is 0.548 bits per heavy atom. The second-order valence-electron chi connectivity index (χ2n) is 5.61. The molecule has 3 aromatic heterocycles. The minimum Gasteiger partial charge on any atom is -0.550 e. The van der Waals surface area contributed by atoms with Crippen molar-refractivity contribution in [1.82, 2.24) is 15.0 Å². The zero-order valence-electron chi connectivity index (χ0n) is 16.4. The predicted octanol–water partition coefficient (Wildman–Crippen LogP) is -2.26. The molecule has 0 aliphatic rings. The molecular weight excluding hydrogens is 417 g/mol. The van der Waals surface area contributed by atoms with E-state index in [9.17, 15) is 29.7 Å². The number of aromatic nitrogens is 3. The van der Waals surface area contributed by atoms with E-state index in [1.807, 2.05) is 0 Å². The second kappa shape index (κ2) is 16.2. The van der Waals surface area contributed by atoms with Gasteiger partial charge in [-0.25, -0.2) is 0 Å². The first-order chi connectivity index (χ1) is 14.4. The third kappa shape index (κ3) is 15.0. The summed E-state index contributed by atoms with van der Waals surface area (Å²) in [4.78, 5) is 41.4. The minimum atomic E-state index is -1.10. The maximum Gasteiger partial charge on any atom is 3.00 e. The summed E-state index contributed by atoms with van der Waals surface area (Å²) >= 11 is 0. The molecule has 0 saturated heterocycles. The number of aliphatic carboxylic acids is 3. The van der Waals surface area contributed by atoms with E-state index in [0.29, 0.717) is 17.1 Å². The van der Waals surface area contributed by atoms with Crippen LogP contribution in [0.4, 0.5) is 0 Å². The second-order valence-corrected chi connectivity index (χ2v) is 5.61. The maximum atomic E-state index is 10.0. The third-order valence-corrected chi connectivity index (χ3v) is 3.15. The Morgan fingerprint density at radius 3 is 0.968 bits per heavy atom. The van der Waals surface area contributed by atoms with Gasteiger partial charge in [-0.1, -0.05) is 18.2 Å². The first kappa shape index (κ1) is 27.4. The van der Waals surface area contributed by atoms with E-state index >= 15 is 0 Å². The normalized spacial score (nSPS) is 8.90. The third-order valence-electron chi connectivity index (χ3n) is 3.15. The Bertz CT molecular complexity index is 790. The minimum absolute atomic E-state index is 0. The Balaban J connectivity index is 0.000000429. The Labute approximate surface area is 189 Å². The first-order valence-electron chi connectivity index (χ1n) is 8.66. The van der Waals surface area contributed by atoms with Crippen molar-refractivity contribution in [3.8, 4) is 0 Å². The Kier molecular flexibility index (Phi) is 14.3.